The van der Waals surface area contributed by atoms with Gasteiger partial charge in [-0.25, -0.2) is 0 Å². The van der Waals surface area contributed by atoms with E-state index < -0.39 is 11.6 Å². The smallest absolute Gasteiger partial charge is 0.141 e. The first-order chi connectivity index (χ1) is 12.6. The third kappa shape index (κ3) is 3.55. The van der Waals surface area contributed by atoms with E-state index in [0.29, 0.717) is 11.1 Å². The number of aromatic nitrogens is 2. The molecule has 0 fully saturated rings. The van der Waals surface area contributed by atoms with Crippen LogP contribution in [0.4, 0.5) is 0 Å². The Morgan fingerprint density at radius 2 is 1.73 bits per heavy atom. The summed E-state index contributed by atoms with van der Waals surface area (Å²) in [5, 5.41) is 23.8. The van der Waals surface area contributed by atoms with Crippen LogP contribution >= 0.6 is 0 Å². The van der Waals surface area contributed by atoms with Crippen LogP contribution < -0.4 is 0 Å². The number of benzene rings is 1. The molecule has 0 saturated heterocycles. The Kier molecular flexibility index (Phi) is 6.42. The normalized spacial score (nSPS) is 15.6. The molecular formula is C22H23N3O. The molecule has 0 spiro atoms. The molecule has 1 aromatic heterocycles. The average molecular weight is 345 g/mol. The zero-order valence-electron chi connectivity index (χ0n) is 14.6. The molecule has 0 aliphatic carbocycles. The van der Waals surface area contributed by atoms with Crippen LogP contribution in [-0.4, -0.2) is 26.7 Å². The van der Waals surface area contributed by atoms with Gasteiger partial charge in [-0.05, 0) is 28.9 Å². The minimum absolute atomic E-state index is 0.463. The van der Waals surface area contributed by atoms with Gasteiger partial charge in [-0.2, -0.15) is 5.10 Å². The number of aliphatic hydroxyl groups is 1. The predicted octanol–water partition coefficient (Wildman–Crippen LogP) is 4.26. The van der Waals surface area contributed by atoms with Crippen molar-refractivity contribution in [3.63, 3.8) is 0 Å². The van der Waals surface area contributed by atoms with E-state index in [2.05, 4.69) is 24.8 Å². The van der Waals surface area contributed by atoms with Gasteiger partial charge in [0.25, 0.3) is 0 Å². The first-order valence-corrected chi connectivity index (χ1v) is 8.19. The van der Waals surface area contributed by atoms with Crippen molar-refractivity contribution >= 4 is 6.21 Å². The SMILES string of the molecule is C=C/C=C(\C=C)C(O)(/C(C=C)=C/C=N)C(c1ccccc1)n1cccn1. The van der Waals surface area contributed by atoms with E-state index in [0.717, 1.165) is 11.8 Å². The van der Waals surface area contributed by atoms with Gasteiger partial charge in [-0.15, -0.1) is 0 Å². The molecule has 2 unspecified atom stereocenters. The van der Waals surface area contributed by atoms with Gasteiger partial charge in [0.2, 0.25) is 0 Å². The number of hydrogen-bond donors (Lipinski definition) is 2. The van der Waals surface area contributed by atoms with E-state index in [1.165, 1.54) is 6.08 Å². The zero-order valence-corrected chi connectivity index (χ0v) is 14.6. The van der Waals surface area contributed by atoms with Crippen molar-refractivity contribution in [1.29, 1.82) is 5.41 Å². The molecule has 4 nitrogen and oxygen atoms in total. The summed E-state index contributed by atoms with van der Waals surface area (Å²) in [7, 11) is 0. The van der Waals surface area contributed by atoms with Crippen LogP contribution in [0.1, 0.15) is 11.6 Å². The lowest BCUT2D eigenvalue weighted by molar-refractivity contribution is 0.0756. The minimum Gasteiger partial charge on any atom is -0.378 e. The minimum atomic E-state index is -1.55. The van der Waals surface area contributed by atoms with Crippen LogP contribution in [0.25, 0.3) is 0 Å². The summed E-state index contributed by atoms with van der Waals surface area (Å²) in [5.74, 6) is 0. The molecule has 0 amide bonds. The summed E-state index contributed by atoms with van der Waals surface area (Å²) in [4.78, 5) is 0. The second-order valence-electron chi connectivity index (χ2n) is 5.62. The maximum Gasteiger partial charge on any atom is 0.141 e. The van der Waals surface area contributed by atoms with E-state index in [1.54, 1.807) is 47.4 Å². The summed E-state index contributed by atoms with van der Waals surface area (Å²) in [6, 6.07) is 10.8. The first-order valence-electron chi connectivity index (χ1n) is 8.19. The van der Waals surface area contributed by atoms with Crippen molar-refractivity contribution in [1.82, 2.24) is 9.78 Å². The molecule has 4 heteroatoms. The Morgan fingerprint density at radius 3 is 2.23 bits per heavy atom. The summed E-state index contributed by atoms with van der Waals surface area (Å²) in [5.41, 5.74) is 0.297. The molecule has 0 aliphatic rings. The van der Waals surface area contributed by atoms with Crippen molar-refractivity contribution in [3.05, 3.63) is 116 Å². The van der Waals surface area contributed by atoms with Crippen molar-refractivity contribution in [2.75, 3.05) is 0 Å². The Morgan fingerprint density at radius 1 is 1.08 bits per heavy atom. The third-order valence-electron chi connectivity index (χ3n) is 4.18. The summed E-state index contributed by atoms with van der Waals surface area (Å²) in [6.45, 7) is 11.4. The molecule has 2 aromatic rings. The van der Waals surface area contributed by atoms with Crippen molar-refractivity contribution in [3.8, 4) is 0 Å². The molecule has 2 atom stereocenters. The van der Waals surface area contributed by atoms with E-state index >= 15 is 0 Å². The molecule has 0 radical (unpaired) electrons. The molecule has 1 aromatic carbocycles. The van der Waals surface area contributed by atoms with Crippen molar-refractivity contribution < 1.29 is 5.11 Å². The molecule has 2 rings (SSSR count). The Hall–Kier alpha value is -3.24. The summed E-state index contributed by atoms with van der Waals surface area (Å²) >= 11 is 0. The summed E-state index contributed by atoms with van der Waals surface area (Å²) in [6.07, 6.45) is 12.5. The van der Waals surface area contributed by atoms with E-state index in [-0.39, 0.29) is 0 Å². The zero-order chi connectivity index (χ0) is 19.0. The Labute approximate surface area is 154 Å². The molecule has 0 saturated carbocycles. The van der Waals surface area contributed by atoms with Gasteiger partial charge < -0.3 is 10.5 Å². The average Bonchev–Trinajstić information content (AvgIpc) is 3.19. The van der Waals surface area contributed by atoms with Gasteiger partial charge in [0.1, 0.15) is 11.6 Å². The number of allylic oxidation sites excluding steroid dienone is 3. The highest BCUT2D eigenvalue weighted by Crippen LogP contribution is 2.41. The number of rotatable bonds is 9. The van der Waals surface area contributed by atoms with Crippen molar-refractivity contribution in [2.24, 2.45) is 0 Å². The van der Waals surface area contributed by atoms with Crippen LogP contribution in [0.15, 0.2) is 110 Å². The van der Waals surface area contributed by atoms with Crippen LogP contribution in [0, 0.1) is 5.41 Å². The third-order valence-corrected chi connectivity index (χ3v) is 4.18. The van der Waals surface area contributed by atoms with Crippen LogP contribution in [0.5, 0.6) is 0 Å². The van der Waals surface area contributed by atoms with E-state index in [9.17, 15) is 5.11 Å². The molecule has 1 heterocycles. The monoisotopic (exact) mass is 345 g/mol. The fraction of sp³-hybridized carbons (Fsp3) is 0.0909. The Balaban J connectivity index is 2.86. The highest BCUT2D eigenvalue weighted by molar-refractivity contribution is 5.72. The molecule has 0 bridgehead atoms. The fourth-order valence-electron chi connectivity index (χ4n) is 3.05. The molecule has 26 heavy (non-hydrogen) atoms. The molecule has 0 aliphatic heterocycles. The van der Waals surface area contributed by atoms with Gasteiger partial charge >= 0.3 is 0 Å². The predicted molar refractivity (Wildman–Crippen MR) is 107 cm³/mol. The van der Waals surface area contributed by atoms with Gasteiger partial charge in [0.15, 0.2) is 0 Å². The van der Waals surface area contributed by atoms with Gasteiger partial charge in [0, 0.05) is 18.6 Å². The maximum absolute atomic E-state index is 12.0. The highest BCUT2D eigenvalue weighted by Gasteiger charge is 2.43. The lowest BCUT2D eigenvalue weighted by Gasteiger charge is -2.39. The first kappa shape index (κ1) is 19.1. The van der Waals surface area contributed by atoms with E-state index in [1.807, 2.05) is 30.3 Å². The van der Waals surface area contributed by atoms with Gasteiger partial charge in [-0.3, -0.25) is 4.68 Å². The standard InChI is InChI=1S/C22H23N3O/c1-4-11-19(5-2)22(26,20(6-3)14-15-23)21(25-17-10-16-24-25)18-12-8-7-9-13-18/h4-17,21,23,26H,1-3H2/b19-11+,20-14+,23-15?. The molecule has 2 N–H and O–H groups in total. The van der Waals surface area contributed by atoms with Crippen LogP contribution in [0.2, 0.25) is 0 Å². The second-order valence-corrected chi connectivity index (χ2v) is 5.62. The topological polar surface area (TPSA) is 61.9 Å². The lowest BCUT2D eigenvalue weighted by atomic mass is 9.76. The summed E-state index contributed by atoms with van der Waals surface area (Å²) < 4.78 is 1.69. The quantitative estimate of drug-likeness (QED) is 0.527. The lowest BCUT2D eigenvalue weighted by Crippen LogP contribution is -2.43. The number of hydrogen-bond acceptors (Lipinski definition) is 3. The maximum atomic E-state index is 12.0. The fourth-order valence-corrected chi connectivity index (χ4v) is 3.05. The molecular weight excluding hydrogens is 322 g/mol. The van der Waals surface area contributed by atoms with Crippen LogP contribution in [-0.2, 0) is 0 Å². The van der Waals surface area contributed by atoms with Gasteiger partial charge in [-0.1, -0.05) is 74.4 Å². The number of nitrogens with one attached hydrogen (secondary N) is 1. The molecule has 132 valence electrons. The van der Waals surface area contributed by atoms with Gasteiger partial charge in [0.05, 0.1) is 0 Å². The van der Waals surface area contributed by atoms with E-state index in [4.69, 9.17) is 5.41 Å². The Bertz CT molecular complexity index is 800. The second kappa shape index (κ2) is 8.74. The highest BCUT2D eigenvalue weighted by atomic mass is 16.3. The largest absolute Gasteiger partial charge is 0.378 e. The number of nitrogens with zero attached hydrogens (tertiary/aromatic N) is 2. The van der Waals surface area contributed by atoms with Crippen LogP contribution in [0.3, 0.4) is 0 Å². The van der Waals surface area contributed by atoms with Crippen molar-refractivity contribution in [2.45, 2.75) is 11.6 Å².